The van der Waals surface area contributed by atoms with Gasteiger partial charge in [-0.15, -0.1) is 0 Å². The van der Waals surface area contributed by atoms with Crippen LogP contribution in [-0.2, 0) is 0 Å². The van der Waals surface area contributed by atoms with Crippen LogP contribution in [0.4, 0.5) is 5.69 Å². The maximum Gasteiger partial charge on any atom is 0.172 e. The van der Waals surface area contributed by atoms with E-state index in [0.717, 1.165) is 24.2 Å². The summed E-state index contributed by atoms with van der Waals surface area (Å²) >= 11 is 6.10. The van der Waals surface area contributed by atoms with Crippen molar-refractivity contribution in [3.8, 4) is 0 Å². The van der Waals surface area contributed by atoms with Crippen molar-refractivity contribution in [3.05, 3.63) is 28.8 Å². The van der Waals surface area contributed by atoms with E-state index in [1.54, 1.807) is 12.1 Å². The Bertz CT molecular complexity index is 490. The first-order chi connectivity index (χ1) is 9.02. The second kappa shape index (κ2) is 5.70. The first-order valence-electron chi connectivity index (χ1n) is 6.57. The fourth-order valence-corrected chi connectivity index (χ4v) is 2.80. The topological polar surface area (TPSA) is 61.8 Å². The molecule has 1 fully saturated rings. The largest absolute Gasteiger partial charge is 0.409 e. The first kappa shape index (κ1) is 14.0. The molecule has 0 radical (unpaired) electrons. The normalized spacial score (nSPS) is 24.6. The minimum Gasteiger partial charge on any atom is -0.409 e. The van der Waals surface area contributed by atoms with E-state index in [-0.39, 0.29) is 5.84 Å². The monoisotopic (exact) mass is 281 g/mol. The molecule has 1 heterocycles. The van der Waals surface area contributed by atoms with Crippen LogP contribution in [0.2, 0.25) is 5.02 Å². The maximum atomic E-state index is 8.91. The van der Waals surface area contributed by atoms with E-state index in [9.17, 15) is 0 Å². The van der Waals surface area contributed by atoms with E-state index in [1.165, 1.54) is 6.42 Å². The molecule has 0 saturated carbocycles. The molecular formula is C14H20ClN3O. The van der Waals surface area contributed by atoms with E-state index < -0.39 is 0 Å². The number of halogens is 1. The number of piperidine rings is 1. The number of amidine groups is 1. The van der Waals surface area contributed by atoms with Crippen LogP contribution in [0.1, 0.15) is 32.3 Å². The number of rotatable bonds is 2. The Morgan fingerprint density at radius 2 is 2.16 bits per heavy atom. The highest BCUT2D eigenvalue weighted by molar-refractivity contribution is 6.31. The van der Waals surface area contributed by atoms with Crippen molar-refractivity contribution in [2.75, 3.05) is 11.4 Å². The molecule has 1 aromatic rings. The molecular weight excluding hydrogens is 262 g/mol. The van der Waals surface area contributed by atoms with Crippen LogP contribution in [0.3, 0.4) is 0 Å². The molecule has 104 valence electrons. The molecule has 5 heteroatoms. The summed E-state index contributed by atoms with van der Waals surface area (Å²) in [6, 6.07) is 5.89. The zero-order valence-electron chi connectivity index (χ0n) is 11.3. The third-order valence-electron chi connectivity index (χ3n) is 3.77. The molecule has 0 bridgehead atoms. The van der Waals surface area contributed by atoms with Gasteiger partial charge in [0.1, 0.15) is 0 Å². The Balaban J connectivity index is 2.44. The number of hydrogen-bond donors (Lipinski definition) is 2. The highest BCUT2D eigenvalue weighted by atomic mass is 35.5. The van der Waals surface area contributed by atoms with Crippen molar-refractivity contribution in [2.24, 2.45) is 16.8 Å². The lowest BCUT2D eigenvalue weighted by molar-refractivity contribution is 0.318. The Morgan fingerprint density at radius 1 is 1.42 bits per heavy atom. The summed E-state index contributed by atoms with van der Waals surface area (Å²) in [6.07, 6.45) is 2.38. The van der Waals surface area contributed by atoms with Crippen molar-refractivity contribution < 1.29 is 5.21 Å². The Morgan fingerprint density at radius 3 is 2.84 bits per heavy atom. The van der Waals surface area contributed by atoms with Crippen LogP contribution in [-0.4, -0.2) is 23.6 Å². The molecule has 2 atom stereocenters. The van der Waals surface area contributed by atoms with E-state index in [2.05, 4.69) is 23.9 Å². The molecule has 1 saturated heterocycles. The van der Waals surface area contributed by atoms with Gasteiger partial charge in [0.25, 0.3) is 0 Å². The number of nitrogens with zero attached hydrogens (tertiary/aromatic N) is 2. The van der Waals surface area contributed by atoms with E-state index in [4.69, 9.17) is 22.5 Å². The molecule has 4 nitrogen and oxygen atoms in total. The standard InChI is InChI=1S/C14H20ClN3O/c1-9-3-4-10(2)18(8-9)13-7-11(15)5-6-12(13)14(16)17-19/h5-7,9-10,19H,3-4,8H2,1-2H3,(H2,16,17). The maximum absolute atomic E-state index is 8.91. The molecule has 1 aliphatic rings. The number of nitrogens with two attached hydrogens (primary N) is 1. The molecule has 1 aliphatic heterocycles. The minimum atomic E-state index is 0.122. The summed E-state index contributed by atoms with van der Waals surface area (Å²) in [5.41, 5.74) is 7.44. The van der Waals surface area contributed by atoms with Gasteiger partial charge < -0.3 is 15.8 Å². The molecule has 2 rings (SSSR count). The number of anilines is 1. The van der Waals surface area contributed by atoms with Crippen molar-refractivity contribution in [1.82, 2.24) is 0 Å². The van der Waals surface area contributed by atoms with Gasteiger partial charge in [0.2, 0.25) is 0 Å². The summed E-state index contributed by atoms with van der Waals surface area (Å²) < 4.78 is 0. The lowest BCUT2D eigenvalue weighted by Gasteiger charge is -2.39. The third-order valence-corrected chi connectivity index (χ3v) is 4.01. The van der Waals surface area contributed by atoms with Crippen molar-refractivity contribution in [3.63, 3.8) is 0 Å². The van der Waals surface area contributed by atoms with Gasteiger partial charge in [0.15, 0.2) is 5.84 Å². The van der Waals surface area contributed by atoms with E-state index in [0.29, 0.717) is 17.0 Å². The van der Waals surface area contributed by atoms with Crippen molar-refractivity contribution in [1.29, 1.82) is 0 Å². The van der Waals surface area contributed by atoms with Crippen molar-refractivity contribution in [2.45, 2.75) is 32.7 Å². The summed E-state index contributed by atoms with van der Waals surface area (Å²) in [6.45, 7) is 5.41. The van der Waals surface area contributed by atoms with Crippen LogP contribution in [0.15, 0.2) is 23.4 Å². The quantitative estimate of drug-likeness (QED) is 0.379. The van der Waals surface area contributed by atoms with Crippen LogP contribution in [0.5, 0.6) is 0 Å². The fourth-order valence-electron chi connectivity index (χ4n) is 2.64. The highest BCUT2D eigenvalue weighted by Crippen LogP contribution is 2.32. The van der Waals surface area contributed by atoms with Gasteiger partial charge in [-0.1, -0.05) is 23.7 Å². The number of hydrogen-bond acceptors (Lipinski definition) is 3. The molecule has 0 amide bonds. The van der Waals surface area contributed by atoms with Crippen LogP contribution >= 0.6 is 11.6 Å². The van der Waals surface area contributed by atoms with Gasteiger partial charge in [0, 0.05) is 28.9 Å². The SMILES string of the molecule is CC1CCC(C)N(c2cc(Cl)ccc2C(N)=NO)C1. The zero-order valence-corrected chi connectivity index (χ0v) is 12.1. The predicted molar refractivity (Wildman–Crippen MR) is 79.2 cm³/mol. The zero-order chi connectivity index (χ0) is 14.0. The van der Waals surface area contributed by atoms with Crippen LogP contribution < -0.4 is 10.6 Å². The molecule has 0 spiro atoms. The van der Waals surface area contributed by atoms with Gasteiger partial charge in [-0.25, -0.2) is 0 Å². The predicted octanol–water partition coefficient (Wildman–Crippen LogP) is 3.06. The number of benzene rings is 1. The summed E-state index contributed by atoms with van der Waals surface area (Å²) in [7, 11) is 0. The lowest BCUT2D eigenvalue weighted by atomic mass is 9.93. The minimum absolute atomic E-state index is 0.122. The van der Waals surface area contributed by atoms with Crippen LogP contribution in [0.25, 0.3) is 0 Å². The van der Waals surface area contributed by atoms with Gasteiger partial charge in [-0.3, -0.25) is 0 Å². The average Bonchev–Trinajstić information content (AvgIpc) is 2.40. The third kappa shape index (κ3) is 2.95. The Labute approximate surface area is 118 Å². The van der Waals surface area contributed by atoms with Crippen molar-refractivity contribution >= 4 is 23.1 Å². The molecule has 1 aromatic carbocycles. The van der Waals surface area contributed by atoms with Gasteiger partial charge in [-0.05, 0) is 43.9 Å². The lowest BCUT2D eigenvalue weighted by Crippen LogP contribution is -2.42. The second-order valence-electron chi connectivity index (χ2n) is 5.33. The summed E-state index contributed by atoms with van der Waals surface area (Å²) in [5, 5.41) is 12.7. The molecule has 3 N–H and O–H groups in total. The Kier molecular flexibility index (Phi) is 4.20. The van der Waals surface area contributed by atoms with Gasteiger partial charge >= 0.3 is 0 Å². The van der Waals surface area contributed by atoms with Gasteiger partial charge in [-0.2, -0.15) is 0 Å². The first-order valence-corrected chi connectivity index (χ1v) is 6.94. The summed E-state index contributed by atoms with van der Waals surface area (Å²) in [4.78, 5) is 2.30. The molecule has 2 unspecified atom stereocenters. The molecule has 0 aromatic heterocycles. The van der Waals surface area contributed by atoms with Crippen LogP contribution in [0, 0.1) is 5.92 Å². The smallest absolute Gasteiger partial charge is 0.172 e. The van der Waals surface area contributed by atoms with Gasteiger partial charge in [0.05, 0.1) is 0 Å². The fraction of sp³-hybridized carbons (Fsp3) is 0.500. The second-order valence-corrected chi connectivity index (χ2v) is 5.77. The highest BCUT2D eigenvalue weighted by Gasteiger charge is 2.25. The summed E-state index contributed by atoms with van der Waals surface area (Å²) in [5.74, 6) is 0.757. The molecule has 0 aliphatic carbocycles. The van der Waals surface area contributed by atoms with E-state index in [1.807, 2.05) is 6.07 Å². The number of oxime groups is 1. The van der Waals surface area contributed by atoms with E-state index >= 15 is 0 Å². The molecule has 19 heavy (non-hydrogen) atoms. The Hall–Kier alpha value is -1.42. The average molecular weight is 282 g/mol.